The number of imidazole rings is 1. The number of benzene rings is 2. The molecule has 1 atom stereocenters. The van der Waals surface area contributed by atoms with Gasteiger partial charge in [0.05, 0.1) is 29.6 Å². The van der Waals surface area contributed by atoms with Gasteiger partial charge in [-0.3, -0.25) is 9.48 Å². The van der Waals surface area contributed by atoms with Gasteiger partial charge in [0, 0.05) is 31.7 Å². The maximum Gasteiger partial charge on any atom is 0.262 e. The van der Waals surface area contributed by atoms with Crippen molar-refractivity contribution in [3.8, 4) is 11.1 Å². The van der Waals surface area contributed by atoms with Gasteiger partial charge in [0.25, 0.3) is 10.0 Å². The largest absolute Gasteiger partial charge is 0.366 e. The highest BCUT2D eigenvalue weighted by Crippen LogP contribution is 2.32. The number of piperidine rings is 1. The van der Waals surface area contributed by atoms with Gasteiger partial charge in [-0.15, -0.1) is 0 Å². The summed E-state index contributed by atoms with van der Waals surface area (Å²) in [5.74, 6) is -0.527. The zero-order valence-corrected chi connectivity index (χ0v) is 18.9. The summed E-state index contributed by atoms with van der Waals surface area (Å²) >= 11 is 0. The number of nitrogens with two attached hydrogens (primary N) is 1. The molecule has 0 spiro atoms. The summed E-state index contributed by atoms with van der Waals surface area (Å²) in [5.41, 5.74) is 8.65. The Hall–Kier alpha value is -3.50. The maximum atomic E-state index is 13.1. The first-order chi connectivity index (χ1) is 15.8. The molecule has 0 radical (unpaired) electrons. The minimum absolute atomic E-state index is 0.0401. The van der Waals surface area contributed by atoms with E-state index in [0.29, 0.717) is 23.9 Å². The molecule has 1 amide bonds. The molecule has 1 saturated heterocycles. The zero-order valence-electron chi connectivity index (χ0n) is 18.1. The van der Waals surface area contributed by atoms with E-state index in [0.717, 1.165) is 23.1 Å². The topological polar surface area (TPSA) is 116 Å². The standard InChI is InChI=1S/C23H24N6O3S/c1-27-14-22(25-15-27)33(31,32)28-9-5-8-18(13-28)29-21-11-17(16-6-3-2-4-7-16)10-19(23(24)30)20(21)12-26-29/h2-4,6-7,10-12,14-15,18H,5,8-9,13H2,1H3,(H2,24,30). The SMILES string of the molecule is Cn1cnc(S(=O)(=O)N2CCCC(n3ncc4c(C(N)=O)cc(-c5ccccc5)cc43)C2)c1. The van der Waals surface area contributed by atoms with Crippen molar-refractivity contribution in [2.45, 2.75) is 23.9 Å². The second-order valence-corrected chi connectivity index (χ2v) is 10.2. The Kier molecular flexibility index (Phi) is 5.26. The molecule has 0 saturated carbocycles. The Labute approximate surface area is 191 Å². The van der Waals surface area contributed by atoms with Crippen LogP contribution < -0.4 is 5.73 Å². The van der Waals surface area contributed by atoms with Gasteiger partial charge in [0.2, 0.25) is 5.91 Å². The first-order valence-corrected chi connectivity index (χ1v) is 12.1. The van der Waals surface area contributed by atoms with Crippen molar-refractivity contribution in [1.29, 1.82) is 0 Å². The Balaban J connectivity index is 1.56. The fourth-order valence-electron chi connectivity index (χ4n) is 4.43. The van der Waals surface area contributed by atoms with Gasteiger partial charge >= 0.3 is 0 Å². The van der Waals surface area contributed by atoms with Crippen LogP contribution in [0, 0.1) is 0 Å². The second kappa shape index (κ2) is 8.13. The summed E-state index contributed by atoms with van der Waals surface area (Å²) in [4.78, 5) is 16.3. The van der Waals surface area contributed by atoms with E-state index in [1.807, 2.05) is 41.1 Å². The molecular formula is C23H24N6O3S. The molecule has 1 aliphatic rings. The van der Waals surface area contributed by atoms with Gasteiger partial charge in [0.1, 0.15) is 0 Å². The first-order valence-electron chi connectivity index (χ1n) is 10.7. The van der Waals surface area contributed by atoms with Gasteiger partial charge in [-0.05, 0) is 36.1 Å². The lowest BCUT2D eigenvalue weighted by Crippen LogP contribution is -2.41. The molecule has 3 heterocycles. The summed E-state index contributed by atoms with van der Waals surface area (Å²) in [6, 6.07) is 13.3. The number of amides is 1. The van der Waals surface area contributed by atoms with Crippen LogP contribution in [0.15, 0.2) is 66.2 Å². The van der Waals surface area contributed by atoms with Crippen molar-refractivity contribution in [3.63, 3.8) is 0 Å². The van der Waals surface area contributed by atoms with E-state index in [9.17, 15) is 13.2 Å². The van der Waals surface area contributed by atoms with Crippen LogP contribution in [0.1, 0.15) is 29.2 Å². The molecule has 2 aromatic carbocycles. The molecule has 4 aromatic rings. The Morgan fingerprint density at radius 1 is 1.15 bits per heavy atom. The van der Waals surface area contributed by atoms with E-state index in [1.165, 1.54) is 16.8 Å². The van der Waals surface area contributed by atoms with Gasteiger partial charge in [-0.2, -0.15) is 9.40 Å². The minimum atomic E-state index is -3.71. The summed E-state index contributed by atoms with van der Waals surface area (Å²) in [6.07, 6.45) is 6.08. The third-order valence-electron chi connectivity index (χ3n) is 6.08. The molecular weight excluding hydrogens is 440 g/mol. The quantitative estimate of drug-likeness (QED) is 0.487. The lowest BCUT2D eigenvalue weighted by atomic mass is 9.99. The summed E-state index contributed by atoms with van der Waals surface area (Å²) in [5, 5.41) is 5.26. The number of aromatic nitrogens is 4. The van der Waals surface area contributed by atoms with Crippen LogP contribution in [-0.4, -0.2) is 51.1 Å². The number of fused-ring (bicyclic) bond motifs is 1. The third kappa shape index (κ3) is 3.81. The number of hydrogen-bond acceptors (Lipinski definition) is 5. The molecule has 170 valence electrons. The van der Waals surface area contributed by atoms with Crippen LogP contribution in [0.2, 0.25) is 0 Å². The number of primary amides is 1. The summed E-state index contributed by atoms with van der Waals surface area (Å²) in [7, 11) is -1.97. The molecule has 0 aliphatic carbocycles. The highest BCUT2D eigenvalue weighted by atomic mass is 32.2. The van der Waals surface area contributed by atoms with Crippen LogP contribution in [0.5, 0.6) is 0 Å². The number of hydrogen-bond donors (Lipinski definition) is 1. The van der Waals surface area contributed by atoms with Gasteiger partial charge < -0.3 is 10.3 Å². The highest BCUT2D eigenvalue weighted by molar-refractivity contribution is 7.89. The van der Waals surface area contributed by atoms with Crippen LogP contribution in [0.3, 0.4) is 0 Å². The number of nitrogens with zero attached hydrogens (tertiary/aromatic N) is 5. The molecule has 2 aromatic heterocycles. The average Bonchev–Trinajstić information content (AvgIpc) is 3.45. The lowest BCUT2D eigenvalue weighted by Gasteiger charge is -2.31. The monoisotopic (exact) mass is 464 g/mol. The van der Waals surface area contributed by atoms with E-state index in [1.54, 1.807) is 23.9 Å². The van der Waals surface area contributed by atoms with Gasteiger partial charge in [0.15, 0.2) is 5.03 Å². The molecule has 1 aliphatic heterocycles. The molecule has 5 rings (SSSR count). The first kappa shape index (κ1) is 21.4. The molecule has 2 N–H and O–H groups in total. The van der Waals surface area contributed by atoms with Crippen molar-refractivity contribution in [2.24, 2.45) is 12.8 Å². The fraction of sp³-hybridized carbons (Fsp3) is 0.261. The fourth-order valence-corrected chi connectivity index (χ4v) is 5.91. The van der Waals surface area contributed by atoms with E-state index in [4.69, 9.17) is 5.73 Å². The maximum absolute atomic E-state index is 13.1. The van der Waals surface area contributed by atoms with E-state index >= 15 is 0 Å². The predicted octanol–water partition coefficient (Wildman–Crippen LogP) is 2.56. The van der Waals surface area contributed by atoms with Gasteiger partial charge in [-0.1, -0.05) is 30.3 Å². The normalized spacial score (nSPS) is 17.4. The second-order valence-electron chi connectivity index (χ2n) is 8.31. The molecule has 9 nitrogen and oxygen atoms in total. The van der Waals surface area contributed by atoms with E-state index in [-0.39, 0.29) is 17.6 Å². The molecule has 33 heavy (non-hydrogen) atoms. The number of carbonyl (C=O) groups is 1. The summed E-state index contributed by atoms with van der Waals surface area (Å²) < 4.78 is 31.2. The van der Waals surface area contributed by atoms with Crippen molar-refractivity contribution >= 4 is 26.8 Å². The highest BCUT2D eigenvalue weighted by Gasteiger charge is 2.33. The Bertz CT molecular complexity index is 1440. The van der Waals surface area contributed by atoms with Crippen molar-refractivity contribution in [1.82, 2.24) is 23.6 Å². The molecule has 1 fully saturated rings. The van der Waals surface area contributed by atoms with Crippen LogP contribution in [0.25, 0.3) is 22.0 Å². The van der Waals surface area contributed by atoms with Crippen LogP contribution in [-0.2, 0) is 17.1 Å². The van der Waals surface area contributed by atoms with Crippen LogP contribution >= 0.6 is 0 Å². The molecule has 1 unspecified atom stereocenters. The molecule has 0 bridgehead atoms. The number of rotatable bonds is 5. The van der Waals surface area contributed by atoms with E-state index < -0.39 is 15.9 Å². The minimum Gasteiger partial charge on any atom is -0.366 e. The van der Waals surface area contributed by atoms with E-state index in [2.05, 4.69) is 10.1 Å². The zero-order chi connectivity index (χ0) is 23.2. The summed E-state index contributed by atoms with van der Waals surface area (Å²) in [6.45, 7) is 0.702. The average molecular weight is 465 g/mol. The predicted molar refractivity (Wildman–Crippen MR) is 124 cm³/mol. The third-order valence-corrected chi connectivity index (χ3v) is 7.83. The van der Waals surface area contributed by atoms with Crippen molar-refractivity contribution < 1.29 is 13.2 Å². The number of sulfonamides is 1. The Morgan fingerprint density at radius 3 is 2.64 bits per heavy atom. The van der Waals surface area contributed by atoms with Crippen molar-refractivity contribution in [3.05, 3.63) is 66.7 Å². The lowest BCUT2D eigenvalue weighted by molar-refractivity contribution is 0.100. The number of aryl methyl sites for hydroxylation is 1. The number of carbonyl (C=O) groups excluding carboxylic acids is 1. The smallest absolute Gasteiger partial charge is 0.262 e. The Morgan fingerprint density at radius 2 is 1.94 bits per heavy atom. The van der Waals surface area contributed by atoms with Gasteiger partial charge in [-0.25, -0.2) is 13.4 Å². The molecule has 10 heteroatoms. The van der Waals surface area contributed by atoms with Crippen LogP contribution in [0.4, 0.5) is 0 Å². The van der Waals surface area contributed by atoms with Crippen molar-refractivity contribution in [2.75, 3.05) is 13.1 Å².